The maximum atomic E-state index is 12.0. The minimum absolute atomic E-state index is 0.177. The molecule has 0 radical (unpaired) electrons. The molecule has 1 N–H and O–H groups in total. The van der Waals surface area contributed by atoms with E-state index < -0.39 is 12.1 Å². The highest BCUT2D eigenvalue weighted by atomic mass is 16.6. The normalized spacial score (nSPS) is 11.0. The predicted molar refractivity (Wildman–Crippen MR) is 87.6 cm³/mol. The molecule has 0 fully saturated rings. The second-order valence-electron chi connectivity index (χ2n) is 5.02. The summed E-state index contributed by atoms with van der Waals surface area (Å²) < 4.78 is 10.7. The van der Waals surface area contributed by atoms with Gasteiger partial charge in [0, 0.05) is 12.6 Å². The van der Waals surface area contributed by atoms with Crippen LogP contribution in [-0.4, -0.2) is 18.0 Å². The van der Waals surface area contributed by atoms with E-state index in [-0.39, 0.29) is 5.91 Å². The fraction of sp³-hybridized carbons (Fsp3) is 0.167. The Morgan fingerprint density at radius 1 is 1.04 bits per heavy atom. The summed E-state index contributed by atoms with van der Waals surface area (Å²) in [4.78, 5) is 23.0. The Balaban J connectivity index is 1.93. The largest absolute Gasteiger partial charge is 0.479 e. The Hall–Kier alpha value is -3.33. The lowest BCUT2D eigenvalue weighted by atomic mass is 10.2. The highest BCUT2D eigenvalue weighted by Gasteiger charge is 2.17. The van der Waals surface area contributed by atoms with Crippen LogP contribution in [0.5, 0.6) is 11.5 Å². The van der Waals surface area contributed by atoms with Crippen molar-refractivity contribution in [1.82, 2.24) is 0 Å². The zero-order chi connectivity index (χ0) is 17.5. The molecule has 0 heterocycles. The van der Waals surface area contributed by atoms with Gasteiger partial charge in [0.2, 0.25) is 5.91 Å². The van der Waals surface area contributed by atoms with Crippen molar-refractivity contribution >= 4 is 17.6 Å². The van der Waals surface area contributed by atoms with Crippen molar-refractivity contribution < 1.29 is 19.1 Å². The number of benzene rings is 2. The van der Waals surface area contributed by atoms with Gasteiger partial charge in [-0.15, -0.1) is 0 Å². The lowest BCUT2D eigenvalue weighted by Crippen LogP contribution is -2.28. The Morgan fingerprint density at radius 2 is 1.62 bits per heavy atom. The fourth-order valence-corrected chi connectivity index (χ4v) is 1.87. The van der Waals surface area contributed by atoms with Gasteiger partial charge in [-0.05, 0) is 55.5 Å². The number of carbonyl (C=O) groups excluding carboxylic acids is 2. The summed E-state index contributed by atoms with van der Waals surface area (Å²) in [6.45, 7) is 2.99. The zero-order valence-electron chi connectivity index (χ0n) is 13.3. The first-order valence-electron chi connectivity index (χ1n) is 7.24. The van der Waals surface area contributed by atoms with Gasteiger partial charge >= 0.3 is 5.97 Å². The number of anilines is 1. The van der Waals surface area contributed by atoms with Crippen LogP contribution in [0.15, 0.2) is 48.5 Å². The second-order valence-corrected chi connectivity index (χ2v) is 5.02. The molecule has 24 heavy (non-hydrogen) atoms. The van der Waals surface area contributed by atoms with E-state index in [9.17, 15) is 9.59 Å². The molecule has 2 aromatic carbocycles. The number of nitrogens with zero attached hydrogens (tertiary/aromatic N) is 1. The highest BCUT2D eigenvalue weighted by molar-refractivity contribution is 5.88. The van der Waals surface area contributed by atoms with Crippen LogP contribution in [-0.2, 0) is 9.59 Å². The molecular weight excluding hydrogens is 308 g/mol. The third kappa shape index (κ3) is 4.85. The molecule has 1 atom stereocenters. The summed E-state index contributed by atoms with van der Waals surface area (Å²) in [6.07, 6.45) is -0.812. The van der Waals surface area contributed by atoms with E-state index in [1.54, 1.807) is 55.5 Å². The lowest BCUT2D eigenvalue weighted by molar-refractivity contribution is -0.141. The Bertz CT molecular complexity index is 761. The number of ether oxygens (including phenoxy) is 2. The number of rotatable bonds is 5. The van der Waals surface area contributed by atoms with E-state index in [4.69, 9.17) is 14.7 Å². The van der Waals surface area contributed by atoms with Gasteiger partial charge in [-0.1, -0.05) is 0 Å². The average Bonchev–Trinajstić information content (AvgIpc) is 2.56. The van der Waals surface area contributed by atoms with Gasteiger partial charge in [-0.3, -0.25) is 4.79 Å². The molecule has 2 rings (SSSR count). The van der Waals surface area contributed by atoms with Crippen LogP contribution in [0.25, 0.3) is 0 Å². The molecule has 1 unspecified atom stereocenters. The van der Waals surface area contributed by atoms with Crippen molar-refractivity contribution in [3.8, 4) is 17.6 Å². The topological polar surface area (TPSA) is 88.4 Å². The highest BCUT2D eigenvalue weighted by Crippen LogP contribution is 2.18. The van der Waals surface area contributed by atoms with Crippen LogP contribution in [0.3, 0.4) is 0 Å². The average molecular weight is 324 g/mol. The van der Waals surface area contributed by atoms with E-state index in [1.165, 1.54) is 6.92 Å². The van der Waals surface area contributed by atoms with Gasteiger partial charge in [0.25, 0.3) is 0 Å². The molecule has 122 valence electrons. The number of nitriles is 1. The Morgan fingerprint density at radius 3 is 2.17 bits per heavy atom. The molecule has 2 aromatic rings. The SMILES string of the molecule is CC(=O)Nc1ccc(OC(=O)C(C)Oc2ccc(C#N)cc2)cc1. The third-order valence-electron chi connectivity index (χ3n) is 3.02. The molecule has 1 amide bonds. The number of carbonyl (C=O) groups is 2. The summed E-state index contributed by atoms with van der Waals surface area (Å²) in [6, 6.07) is 14.9. The van der Waals surface area contributed by atoms with Crippen LogP contribution in [0.2, 0.25) is 0 Å². The molecule has 0 saturated heterocycles. The number of hydrogen-bond acceptors (Lipinski definition) is 5. The van der Waals surface area contributed by atoms with Crippen LogP contribution in [0.1, 0.15) is 19.4 Å². The van der Waals surface area contributed by atoms with Gasteiger partial charge in [0.05, 0.1) is 11.6 Å². The van der Waals surface area contributed by atoms with E-state index in [0.717, 1.165) is 0 Å². The summed E-state index contributed by atoms with van der Waals surface area (Å²) in [5, 5.41) is 11.4. The lowest BCUT2D eigenvalue weighted by Gasteiger charge is -2.14. The van der Waals surface area contributed by atoms with Crippen molar-refractivity contribution in [2.75, 3.05) is 5.32 Å². The summed E-state index contributed by atoms with van der Waals surface area (Å²) >= 11 is 0. The smallest absolute Gasteiger partial charge is 0.352 e. The Labute approximate surface area is 139 Å². The van der Waals surface area contributed by atoms with E-state index in [0.29, 0.717) is 22.7 Å². The molecule has 0 aromatic heterocycles. The molecule has 0 saturated carbocycles. The number of esters is 1. The molecule has 0 bridgehead atoms. The maximum absolute atomic E-state index is 12.0. The monoisotopic (exact) mass is 324 g/mol. The quantitative estimate of drug-likeness (QED) is 0.675. The Kier molecular flexibility index (Phi) is 5.53. The summed E-state index contributed by atoms with van der Waals surface area (Å²) in [5.41, 5.74) is 1.13. The molecule has 6 heteroatoms. The minimum Gasteiger partial charge on any atom is -0.479 e. The molecule has 0 spiro atoms. The minimum atomic E-state index is -0.812. The van der Waals surface area contributed by atoms with Gasteiger partial charge in [-0.2, -0.15) is 5.26 Å². The van der Waals surface area contributed by atoms with Gasteiger partial charge < -0.3 is 14.8 Å². The van der Waals surface area contributed by atoms with Crippen LogP contribution in [0.4, 0.5) is 5.69 Å². The standard InChI is InChI=1S/C18H16N2O4/c1-12(23-16-7-3-14(11-19)4-8-16)18(22)24-17-9-5-15(6-10-17)20-13(2)21/h3-10,12H,1-2H3,(H,20,21). The summed E-state index contributed by atoms with van der Waals surface area (Å²) in [5.74, 6) is 0.0969. The first-order chi connectivity index (χ1) is 11.5. The van der Waals surface area contributed by atoms with E-state index in [1.807, 2.05) is 6.07 Å². The predicted octanol–water partition coefficient (Wildman–Crippen LogP) is 2.89. The van der Waals surface area contributed by atoms with Crippen molar-refractivity contribution in [2.45, 2.75) is 20.0 Å². The van der Waals surface area contributed by atoms with E-state index in [2.05, 4.69) is 5.32 Å². The third-order valence-corrected chi connectivity index (χ3v) is 3.02. The molecular formula is C18H16N2O4. The number of hydrogen-bond donors (Lipinski definition) is 1. The van der Waals surface area contributed by atoms with E-state index >= 15 is 0 Å². The number of nitrogens with one attached hydrogen (secondary N) is 1. The van der Waals surface area contributed by atoms with Crippen molar-refractivity contribution in [2.24, 2.45) is 0 Å². The van der Waals surface area contributed by atoms with Crippen LogP contribution in [0, 0.1) is 11.3 Å². The summed E-state index contributed by atoms with van der Waals surface area (Å²) in [7, 11) is 0. The van der Waals surface area contributed by atoms with Crippen molar-refractivity contribution in [3.05, 3.63) is 54.1 Å². The van der Waals surface area contributed by atoms with Crippen LogP contribution < -0.4 is 14.8 Å². The fourth-order valence-electron chi connectivity index (χ4n) is 1.87. The zero-order valence-corrected chi connectivity index (χ0v) is 13.3. The van der Waals surface area contributed by atoms with Gasteiger partial charge in [0.1, 0.15) is 11.5 Å². The molecule has 0 aliphatic carbocycles. The maximum Gasteiger partial charge on any atom is 0.352 e. The first kappa shape index (κ1) is 17.0. The van der Waals surface area contributed by atoms with Crippen molar-refractivity contribution in [1.29, 1.82) is 5.26 Å². The second kappa shape index (κ2) is 7.79. The molecule has 0 aliphatic heterocycles. The molecule has 6 nitrogen and oxygen atoms in total. The van der Waals surface area contributed by atoms with Crippen molar-refractivity contribution in [3.63, 3.8) is 0 Å². The molecule has 0 aliphatic rings. The first-order valence-corrected chi connectivity index (χ1v) is 7.24. The van der Waals surface area contributed by atoms with Crippen LogP contribution >= 0.6 is 0 Å². The van der Waals surface area contributed by atoms with Gasteiger partial charge in [-0.25, -0.2) is 4.79 Å². The number of amides is 1. The van der Waals surface area contributed by atoms with Gasteiger partial charge in [0.15, 0.2) is 6.10 Å².